The fourth-order valence-corrected chi connectivity index (χ4v) is 4.90. The number of hydrogen-bond acceptors (Lipinski definition) is 6. The highest BCUT2D eigenvalue weighted by atomic mass is 32.2. The Kier molecular flexibility index (Phi) is 5.95. The summed E-state index contributed by atoms with van der Waals surface area (Å²) in [5.74, 6) is 0.949. The van der Waals surface area contributed by atoms with Crippen LogP contribution in [0.2, 0.25) is 0 Å². The van der Waals surface area contributed by atoms with Crippen LogP contribution in [-0.2, 0) is 14.8 Å². The van der Waals surface area contributed by atoms with Crippen LogP contribution in [0.1, 0.15) is 31.2 Å². The molecular formula is C19H24N4O4S. The van der Waals surface area contributed by atoms with Crippen LogP contribution in [0.4, 0.5) is 5.69 Å². The minimum atomic E-state index is -3.60. The lowest BCUT2D eigenvalue weighted by molar-refractivity contribution is -0.114. The van der Waals surface area contributed by atoms with Crippen molar-refractivity contribution >= 4 is 21.6 Å². The van der Waals surface area contributed by atoms with Crippen LogP contribution in [0.3, 0.4) is 0 Å². The number of benzene rings is 1. The van der Waals surface area contributed by atoms with Gasteiger partial charge in [0.1, 0.15) is 11.9 Å². The number of hydrogen-bond donors (Lipinski definition) is 1. The average Bonchev–Trinajstić information content (AvgIpc) is 2.61. The van der Waals surface area contributed by atoms with Gasteiger partial charge in [0.2, 0.25) is 21.8 Å². The van der Waals surface area contributed by atoms with Gasteiger partial charge in [0.05, 0.1) is 4.90 Å². The number of anilines is 1. The van der Waals surface area contributed by atoms with Crippen molar-refractivity contribution in [2.45, 2.75) is 44.6 Å². The second kappa shape index (κ2) is 8.24. The first kappa shape index (κ1) is 20.2. The molecule has 0 spiro atoms. The van der Waals surface area contributed by atoms with E-state index in [9.17, 15) is 13.2 Å². The molecule has 3 rings (SSSR count). The molecule has 0 aliphatic carbocycles. The van der Waals surface area contributed by atoms with E-state index in [0.717, 1.165) is 0 Å². The maximum atomic E-state index is 13.0. The van der Waals surface area contributed by atoms with Crippen LogP contribution >= 0.6 is 0 Å². The van der Waals surface area contributed by atoms with E-state index >= 15 is 0 Å². The number of aromatic nitrogens is 2. The maximum Gasteiger partial charge on any atom is 0.243 e. The van der Waals surface area contributed by atoms with E-state index in [0.29, 0.717) is 48.9 Å². The van der Waals surface area contributed by atoms with Crippen molar-refractivity contribution in [1.29, 1.82) is 0 Å². The standard InChI is InChI=1S/C19H24N4O4S/c1-13-12-16(22-15(3)24)4-5-18(13)28(25,26)23-10-7-17(8-11-23)27-19-6-9-20-14(2)21-19/h4-6,9,12,17H,7-8,10-11H2,1-3H3,(H,22,24). The second-order valence-electron chi connectivity index (χ2n) is 6.82. The highest BCUT2D eigenvalue weighted by Crippen LogP contribution is 2.26. The monoisotopic (exact) mass is 404 g/mol. The lowest BCUT2D eigenvalue weighted by atomic mass is 10.1. The van der Waals surface area contributed by atoms with Gasteiger partial charge < -0.3 is 10.1 Å². The number of carbonyl (C=O) groups excluding carboxylic acids is 1. The molecule has 1 aliphatic rings. The smallest absolute Gasteiger partial charge is 0.243 e. The largest absolute Gasteiger partial charge is 0.474 e. The molecule has 2 heterocycles. The molecule has 1 aliphatic heterocycles. The molecule has 0 unspecified atom stereocenters. The summed E-state index contributed by atoms with van der Waals surface area (Å²) < 4.78 is 33.4. The number of aryl methyl sites for hydroxylation is 2. The molecule has 8 nitrogen and oxygen atoms in total. The predicted molar refractivity (Wildman–Crippen MR) is 105 cm³/mol. The molecule has 0 radical (unpaired) electrons. The molecule has 2 aromatic rings. The molecule has 0 atom stereocenters. The minimum Gasteiger partial charge on any atom is -0.474 e. The maximum absolute atomic E-state index is 13.0. The number of sulfonamides is 1. The molecule has 0 saturated carbocycles. The van der Waals surface area contributed by atoms with Gasteiger partial charge in [0, 0.05) is 38.0 Å². The van der Waals surface area contributed by atoms with Gasteiger partial charge in [-0.25, -0.2) is 13.4 Å². The summed E-state index contributed by atoms with van der Waals surface area (Å²) >= 11 is 0. The summed E-state index contributed by atoms with van der Waals surface area (Å²) in [5, 5.41) is 2.66. The zero-order valence-electron chi connectivity index (χ0n) is 16.2. The number of amides is 1. The van der Waals surface area contributed by atoms with Gasteiger partial charge in [-0.1, -0.05) is 0 Å². The third kappa shape index (κ3) is 4.66. The summed E-state index contributed by atoms with van der Waals surface area (Å²) in [4.78, 5) is 19.7. The Balaban J connectivity index is 1.66. The molecule has 1 N–H and O–H groups in total. The van der Waals surface area contributed by atoms with E-state index in [4.69, 9.17) is 4.74 Å². The third-order valence-corrected chi connectivity index (χ3v) is 6.61. The quantitative estimate of drug-likeness (QED) is 0.820. The lowest BCUT2D eigenvalue weighted by Crippen LogP contribution is -2.42. The van der Waals surface area contributed by atoms with Gasteiger partial charge in [0.15, 0.2) is 0 Å². The summed E-state index contributed by atoms with van der Waals surface area (Å²) in [6, 6.07) is 6.52. The summed E-state index contributed by atoms with van der Waals surface area (Å²) in [7, 11) is -3.60. The van der Waals surface area contributed by atoms with E-state index < -0.39 is 10.0 Å². The zero-order valence-corrected chi connectivity index (χ0v) is 17.0. The van der Waals surface area contributed by atoms with Gasteiger partial charge >= 0.3 is 0 Å². The first-order valence-corrected chi connectivity index (χ1v) is 10.5. The molecule has 1 fully saturated rings. The number of nitrogens with zero attached hydrogens (tertiary/aromatic N) is 3. The number of nitrogens with one attached hydrogen (secondary N) is 1. The van der Waals surface area contributed by atoms with E-state index in [1.54, 1.807) is 44.3 Å². The fraction of sp³-hybridized carbons (Fsp3) is 0.421. The van der Waals surface area contributed by atoms with Crippen LogP contribution in [0.25, 0.3) is 0 Å². The Morgan fingerprint density at radius 2 is 1.93 bits per heavy atom. The first-order chi connectivity index (χ1) is 13.3. The molecule has 9 heteroatoms. The van der Waals surface area contributed by atoms with Gasteiger partial charge in [0.25, 0.3) is 0 Å². The molecule has 28 heavy (non-hydrogen) atoms. The number of ether oxygens (including phenoxy) is 1. The average molecular weight is 404 g/mol. The van der Waals surface area contributed by atoms with Crippen LogP contribution in [-0.4, -0.2) is 47.8 Å². The Bertz CT molecular complexity index is 970. The Labute approximate surface area is 165 Å². The van der Waals surface area contributed by atoms with E-state index in [2.05, 4.69) is 15.3 Å². The van der Waals surface area contributed by atoms with Crippen molar-refractivity contribution in [1.82, 2.24) is 14.3 Å². The normalized spacial score (nSPS) is 16.0. The molecule has 1 aromatic carbocycles. The van der Waals surface area contributed by atoms with Crippen LogP contribution in [0.5, 0.6) is 5.88 Å². The van der Waals surface area contributed by atoms with Crippen molar-refractivity contribution < 1.29 is 17.9 Å². The van der Waals surface area contributed by atoms with Gasteiger partial charge in [-0.2, -0.15) is 9.29 Å². The number of rotatable bonds is 5. The Morgan fingerprint density at radius 1 is 1.21 bits per heavy atom. The molecule has 1 saturated heterocycles. The molecule has 150 valence electrons. The van der Waals surface area contributed by atoms with E-state index in [1.165, 1.54) is 11.2 Å². The molecule has 0 bridgehead atoms. The van der Waals surface area contributed by atoms with Crippen LogP contribution in [0, 0.1) is 13.8 Å². The Hall–Kier alpha value is -2.52. The topological polar surface area (TPSA) is 101 Å². The first-order valence-electron chi connectivity index (χ1n) is 9.10. The summed E-state index contributed by atoms with van der Waals surface area (Å²) in [6.45, 7) is 5.69. The summed E-state index contributed by atoms with van der Waals surface area (Å²) in [5.41, 5.74) is 1.18. The van der Waals surface area contributed by atoms with Gasteiger partial charge in [-0.05, 0) is 50.5 Å². The molecule has 1 aromatic heterocycles. The van der Waals surface area contributed by atoms with Crippen molar-refractivity contribution in [3.8, 4) is 5.88 Å². The van der Waals surface area contributed by atoms with Crippen molar-refractivity contribution in [2.75, 3.05) is 18.4 Å². The highest BCUT2D eigenvalue weighted by Gasteiger charge is 2.31. The van der Waals surface area contributed by atoms with Gasteiger partial charge in [-0.15, -0.1) is 0 Å². The van der Waals surface area contributed by atoms with E-state index in [1.807, 2.05) is 0 Å². The Morgan fingerprint density at radius 3 is 2.54 bits per heavy atom. The molecule has 1 amide bonds. The number of carbonyl (C=O) groups is 1. The van der Waals surface area contributed by atoms with Crippen LogP contribution in [0.15, 0.2) is 35.4 Å². The highest BCUT2D eigenvalue weighted by molar-refractivity contribution is 7.89. The molecular weight excluding hydrogens is 380 g/mol. The van der Waals surface area contributed by atoms with Crippen molar-refractivity contribution in [3.63, 3.8) is 0 Å². The zero-order chi connectivity index (χ0) is 20.3. The minimum absolute atomic E-state index is 0.0796. The van der Waals surface area contributed by atoms with Crippen molar-refractivity contribution in [3.05, 3.63) is 41.9 Å². The predicted octanol–water partition coefficient (Wildman–Crippen LogP) is 2.28. The van der Waals surface area contributed by atoms with Crippen molar-refractivity contribution in [2.24, 2.45) is 0 Å². The van der Waals surface area contributed by atoms with Crippen LogP contribution < -0.4 is 10.1 Å². The third-order valence-electron chi connectivity index (χ3n) is 4.55. The summed E-state index contributed by atoms with van der Waals surface area (Å²) in [6.07, 6.45) is 2.74. The number of piperidine rings is 1. The van der Waals surface area contributed by atoms with Gasteiger partial charge in [-0.3, -0.25) is 4.79 Å². The fourth-order valence-electron chi connectivity index (χ4n) is 3.22. The second-order valence-corrected chi connectivity index (χ2v) is 8.73. The SMILES string of the molecule is CC(=O)Nc1ccc(S(=O)(=O)N2CCC(Oc3ccnc(C)n3)CC2)c(C)c1. The van der Waals surface area contributed by atoms with E-state index in [-0.39, 0.29) is 16.9 Å². The lowest BCUT2D eigenvalue weighted by Gasteiger charge is -2.31.